The molecule has 0 spiro atoms. The summed E-state index contributed by atoms with van der Waals surface area (Å²) in [5.74, 6) is -0.182. The minimum Gasteiger partial charge on any atom is -0.490 e. The van der Waals surface area contributed by atoms with Gasteiger partial charge in [0.05, 0.1) is 27.5 Å². The Kier molecular flexibility index (Phi) is 9.22. The highest BCUT2D eigenvalue weighted by Gasteiger charge is 2.24. The van der Waals surface area contributed by atoms with Gasteiger partial charge in [-0.05, 0) is 42.8 Å². The van der Waals surface area contributed by atoms with E-state index in [4.69, 9.17) is 21.1 Å². The Morgan fingerprint density at radius 1 is 1.19 bits per heavy atom. The molecule has 1 unspecified atom stereocenters. The van der Waals surface area contributed by atoms with Crippen LogP contribution in [0.15, 0.2) is 52.9 Å². The highest BCUT2D eigenvalue weighted by molar-refractivity contribution is 8.01. The van der Waals surface area contributed by atoms with Gasteiger partial charge in [0, 0.05) is 5.02 Å². The zero-order valence-electron chi connectivity index (χ0n) is 17.5. The number of halogens is 1. The number of rotatable bonds is 12. The normalized spacial score (nSPS) is 12.6. The van der Waals surface area contributed by atoms with E-state index in [0.717, 1.165) is 21.0 Å². The molecule has 3 rings (SSSR count). The zero-order valence-corrected chi connectivity index (χ0v) is 20.7. The molecule has 0 aliphatic heterocycles. The predicted molar refractivity (Wildman–Crippen MR) is 131 cm³/mol. The number of benzene rings is 2. The summed E-state index contributed by atoms with van der Waals surface area (Å²) in [4.78, 5) is 16.9. The van der Waals surface area contributed by atoms with Crippen molar-refractivity contribution in [2.75, 3.05) is 23.9 Å². The molecule has 0 aliphatic carbocycles. The Bertz CT molecular complexity index is 1100. The van der Waals surface area contributed by atoms with Gasteiger partial charge in [-0.2, -0.15) is 0 Å². The average molecular weight is 514 g/mol. The number of ether oxygens (including phenoxy) is 2. The number of fused-ring (bicyclic) bond motifs is 1. The maximum atomic E-state index is 12.5. The molecule has 0 fully saturated rings. The number of nitrogens with zero attached hydrogens (tertiary/aromatic N) is 1. The monoisotopic (exact) mass is 513 g/mol. The van der Waals surface area contributed by atoms with Gasteiger partial charge in [-0.3, -0.25) is 4.79 Å². The molecular formula is C22H24ClNO5S3. The second-order valence-electron chi connectivity index (χ2n) is 7.08. The SMILES string of the molecule is CCCCS(=O)(=O)CC(COc1ccc(Cl)cc1)OC(=O)CSc1nc2ccccc2s1. The molecule has 2 aromatic carbocycles. The van der Waals surface area contributed by atoms with E-state index < -0.39 is 21.9 Å². The number of carbonyl (C=O) groups excluding carboxylic acids is 1. The first-order valence-corrected chi connectivity index (χ1v) is 14.1. The maximum absolute atomic E-state index is 12.5. The lowest BCUT2D eigenvalue weighted by molar-refractivity contribution is -0.146. The molecule has 3 aromatic rings. The standard InChI is InChI=1S/C22H24ClNO5S3/c1-2-3-12-32(26,27)15-18(13-28-17-10-8-16(23)9-11-17)29-21(25)14-30-22-24-19-6-4-5-7-20(19)31-22/h4-11,18H,2-3,12-15H2,1H3. The number of thiazole rings is 1. The van der Waals surface area contributed by atoms with Crippen LogP contribution in [0.25, 0.3) is 10.2 Å². The molecule has 0 N–H and O–H groups in total. The quantitative estimate of drug-likeness (QED) is 0.241. The van der Waals surface area contributed by atoms with Gasteiger partial charge >= 0.3 is 5.97 Å². The number of hydrogen-bond donors (Lipinski definition) is 0. The number of hydrogen-bond acceptors (Lipinski definition) is 8. The summed E-state index contributed by atoms with van der Waals surface area (Å²) in [6, 6.07) is 14.4. The minimum atomic E-state index is -3.38. The van der Waals surface area contributed by atoms with Crippen molar-refractivity contribution < 1.29 is 22.7 Å². The molecule has 1 aromatic heterocycles. The van der Waals surface area contributed by atoms with Crippen LogP contribution in [0.2, 0.25) is 5.02 Å². The fraction of sp³-hybridized carbons (Fsp3) is 0.364. The van der Waals surface area contributed by atoms with Crippen LogP contribution in [0, 0.1) is 0 Å². The molecule has 0 aliphatic rings. The third-order valence-electron chi connectivity index (χ3n) is 4.38. The summed E-state index contributed by atoms with van der Waals surface area (Å²) in [6.45, 7) is 1.86. The summed E-state index contributed by atoms with van der Waals surface area (Å²) in [5.41, 5.74) is 0.879. The Balaban J connectivity index is 1.60. The van der Waals surface area contributed by atoms with Crippen LogP contribution in [0.4, 0.5) is 0 Å². The number of unbranched alkanes of at least 4 members (excludes halogenated alkanes) is 1. The lowest BCUT2D eigenvalue weighted by atomic mass is 10.3. The summed E-state index contributed by atoms with van der Waals surface area (Å²) < 4.78 is 37.8. The van der Waals surface area contributed by atoms with E-state index in [9.17, 15) is 13.2 Å². The lowest BCUT2D eigenvalue weighted by Gasteiger charge is -2.18. The van der Waals surface area contributed by atoms with Gasteiger partial charge in [-0.15, -0.1) is 11.3 Å². The molecule has 0 saturated carbocycles. The maximum Gasteiger partial charge on any atom is 0.316 e. The van der Waals surface area contributed by atoms with Gasteiger partial charge in [0.2, 0.25) is 0 Å². The van der Waals surface area contributed by atoms with Gasteiger partial charge < -0.3 is 9.47 Å². The smallest absolute Gasteiger partial charge is 0.316 e. The van der Waals surface area contributed by atoms with Crippen LogP contribution in [0.3, 0.4) is 0 Å². The number of para-hydroxylation sites is 1. The van der Waals surface area contributed by atoms with Crippen LogP contribution in [-0.4, -0.2) is 49.3 Å². The van der Waals surface area contributed by atoms with Gasteiger partial charge in [-0.25, -0.2) is 13.4 Å². The number of sulfone groups is 1. The average Bonchev–Trinajstić information content (AvgIpc) is 3.19. The molecule has 32 heavy (non-hydrogen) atoms. The summed E-state index contributed by atoms with van der Waals surface area (Å²) >= 11 is 8.65. The van der Waals surface area contributed by atoms with Gasteiger partial charge in [0.1, 0.15) is 18.5 Å². The van der Waals surface area contributed by atoms with Crippen LogP contribution in [0.5, 0.6) is 5.75 Å². The minimum absolute atomic E-state index is 0.0340. The topological polar surface area (TPSA) is 82.6 Å². The fourth-order valence-corrected chi connectivity index (χ4v) is 6.42. The van der Waals surface area contributed by atoms with E-state index in [-0.39, 0.29) is 23.9 Å². The number of esters is 1. The molecule has 0 amide bonds. The molecule has 0 radical (unpaired) electrons. The molecule has 10 heteroatoms. The van der Waals surface area contributed by atoms with E-state index >= 15 is 0 Å². The van der Waals surface area contributed by atoms with Crippen molar-refractivity contribution in [3.8, 4) is 5.75 Å². The Morgan fingerprint density at radius 2 is 1.94 bits per heavy atom. The van der Waals surface area contributed by atoms with E-state index in [2.05, 4.69) is 4.98 Å². The second-order valence-corrected chi connectivity index (χ2v) is 12.0. The molecule has 0 saturated heterocycles. The van der Waals surface area contributed by atoms with Gasteiger partial charge in [0.25, 0.3) is 0 Å². The molecule has 1 atom stereocenters. The second kappa shape index (κ2) is 11.9. The van der Waals surface area contributed by atoms with Crippen molar-refractivity contribution >= 4 is 60.7 Å². The first-order chi connectivity index (χ1) is 15.3. The van der Waals surface area contributed by atoms with Crippen LogP contribution < -0.4 is 4.74 Å². The van der Waals surface area contributed by atoms with Crippen molar-refractivity contribution in [3.05, 3.63) is 53.6 Å². The van der Waals surface area contributed by atoms with Crippen molar-refractivity contribution in [2.24, 2.45) is 0 Å². The highest BCUT2D eigenvalue weighted by Crippen LogP contribution is 2.29. The predicted octanol–water partition coefficient (Wildman–Crippen LogP) is 5.25. The van der Waals surface area contributed by atoms with Gasteiger partial charge in [0.15, 0.2) is 14.2 Å². The molecular weight excluding hydrogens is 490 g/mol. The lowest BCUT2D eigenvalue weighted by Crippen LogP contribution is -2.33. The van der Waals surface area contributed by atoms with Gasteiger partial charge in [-0.1, -0.05) is 48.8 Å². The van der Waals surface area contributed by atoms with E-state index in [0.29, 0.717) is 17.2 Å². The number of carbonyl (C=O) groups is 1. The van der Waals surface area contributed by atoms with Crippen LogP contribution in [0.1, 0.15) is 19.8 Å². The molecule has 172 valence electrons. The zero-order chi connectivity index (χ0) is 23.0. The number of aromatic nitrogens is 1. The Labute approximate surface area is 201 Å². The molecule has 6 nitrogen and oxygen atoms in total. The van der Waals surface area contributed by atoms with E-state index in [1.807, 2.05) is 31.2 Å². The first-order valence-electron chi connectivity index (χ1n) is 10.1. The van der Waals surface area contributed by atoms with E-state index in [1.165, 1.54) is 23.1 Å². The van der Waals surface area contributed by atoms with Crippen molar-refractivity contribution in [2.45, 2.75) is 30.2 Å². The Morgan fingerprint density at radius 3 is 2.66 bits per heavy atom. The molecule has 0 bridgehead atoms. The van der Waals surface area contributed by atoms with Crippen molar-refractivity contribution in [1.82, 2.24) is 4.98 Å². The Hall–Kier alpha value is -1.81. The van der Waals surface area contributed by atoms with Crippen LogP contribution in [-0.2, 0) is 19.4 Å². The molecule has 1 heterocycles. The first kappa shape index (κ1) is 24.8. The third-order valence-corrected chi connectivity index (χ3v) is 8.58. The number of thioether (sulfide) groups is 1. The summed E-state index contributed by atoms with van der Waals surface area (Å²) in [5, 5.41) is 0.564. The van der Waals surface area contributed by atoms with Crippen LogP contribution >= 0.6 is 34.7 Å². The van der Waals surface area contributed by atoms with Crippen molar-refractivity contribution in [3.63, 3.8) is 0 Å². The summed E-state index contributed by atoms with van der Waals surface area (Å²) in [6.07, 6.45) is 0.425. The van der Waals surface area contributed by atoms with E-state index in [1.54, 1.807) is 24.3 Å². The van der Waals surface area contributed by atoms with Crippen molar-refractivity contribution in [1.29, 1.82) is 0 Å². The highest BCUT2D eigenvalue weighted by atomic mass is 35.5. The third kappa shape index (κ3) is 7.95. The summed E-state index contributed by atoms with van der Waals surface area (Å²) in [7, 11) is -3.38. The fourth-order valence-electron chi connectivity index (χ4n) is 2.82. The largest absolute Gasteiger partial charge is 0.490 e.